The molecular formula is C14H19FN2O3. The monoisotopic (exact) mass is 282 g/mol. The van der Waals surface area contributed by atoms with Crippen molar-refractivity contribution < 1.29 is 18.7 Å². The third-order valence-corrected chi connectivity index (χ3v) is 2.43. The van der Waals surface area contributed by atoms with Gasteiger partial charge in [0.15, 0.2) is 17.7 Å². The van der Waals surface area contributed by atoms with Gasteiger partial charge >= 0.3 is 0 Å². The molecule has 1 atom stereocenters. The summed E-state index contributed by atoms with van der Waals surface area (Å²) >= 11 is 0. The minimum Gasteiger partial charge on any atom is -0.478 e. The molecule has 0 aromatic heterocycles. The van der Waals surface area contributed by atoms with Gasteiger partial charge in [-0.05, 0) is 25.0 Å². The molecule has 0 spiro atoms. The summed E-state index contributed by atoms with van der Waals surface area (Å²) < 4.78 is 18.5. The molecule has 0 saturated carbocycles. The number of carbonyl (C=O) groups excluding carboxylic acids is 2. The van der Waals surface area contributed by atoms with E-state index < -0.39 is 17.8 Å². The highest BCUT2D eigenvalue weighted by molar-refractivity contribution is 5.84. The van der Waals surface area contributed by atoms with Crippen molar-refractivity contribution in [3.63, 3.8) is 0 Å². The Morgan fingerprint density at radius 3 is 2.45 bits per heavy atom. The van der Waals surface area contributed by atoms with Gasteiger partial charge in [-0.2, -0.15) is 0 Å². The number of carbonyl (C=O) groups is 2. The second kappa shape index (κ2) is 7.47. The first-order chi connectivity index (χ1) is 9.40. The van der Waals surface area contributed by atoms with Gasteiger partial charge in [-0.1, -0.05) is 26.0 Å². The van der Waals surface area contributed by atoms with Gasteiger partial charge in [0.2, 0.25) is 5.91 Å². The molecule has 1 unspecified atom stereocenters. The van der Waals surface area contributed by atoms with E-state index in [1.165, 1.54) is 25.1 Å². The lowest BCUT2D eigenvalue weighted by atomic mass is 10.1. The van der Waals surface area contributed by atoms with E-state index in [-0.39, 0.29) is 17.6 Å². The van der Waals surface area contributed by atoms with Crippen LogP contribution in [-0.2, 0) is 9.59 Å². The van der Waals surface area contributed by atoms with E-state index in [4.69, 9.17) is 4.74 Å². The maximum atomic E-state index is 13.3. The zero-order valence-electron chi connectivity index (χ0n) is 11.8. The molecule has 20 heavy (non-hydrogen) atoms. The van der Waals surface area contributed by atoms with Gasteiger partial charge in [-0.3, -0.25) is 20.4 Å². The van der Waals surface area contributed by atoms with Crippen LogP contribution in [0.2, 0.25) is 0 Å². The van der Waals surface area contributed by atoms with E-state index in [1.54, 1.807) is 6.07 Å². The van der Waals surface area contributed by atoms with Crippen molar-refractivity contribution in [3.05, 3.63) is 30.1 Å². The molecule has 0 saturated heterocycles. The minimum atomic E-state index is -0.925. The first-order valence-electron chi connectivity index (χ1n) is 6.40. The molecule has 2 N–H and O–H groups in total. The molecule has 110 valence electrons. The second-order valence-electron chi connectivity index (χ2n) is 4.83. The molecule has 0 radical (unpaired) electrons. The lowest BCUT2D eigenvalue weighted by Crippen LogP contribution is -2.47. The number of amides is 2. The summed E-state index contributed by atoms with van der Waals surface area (Å²) in [5, 5.41) is 0. The van der Waals surface area contributed by atoms with Crippen molar-refractivity contribution in [2.24, 2.45) is 5.92 Å². The fourth-order valence-electron chi connectivity index (χ4n) is 1.44. The van der Waals surface area contributed by atoms with Crippen LogP contribution in [0.25, 0.3) is 0 Å². The molecule has 6 heteroatoms. The summed E-state index contributed by atoms with van der Waals surface area (Å²) in [6.07, 6.45) is -0.616. The number of hydrogen-bond acceptors (Lipinski definition) is 3. The highest BCUT2D eigenvalue weighted by atomic mass is 19.1. The fourth-order valence-corrected chi connectivity index (χ4v) is 1.44. The van der Waals surface area contributed by atoms with Crippen molar-refractivity contribution in [1.29, 1.82) is 0 Å². The van der Waals surface area contributed by atoms with Crippen LogP contribution in [-0.4, -0.2) is 17.9 Å². The van der Waals surface area contributed by atoms with Crippen molar-refractivity contribution >= 4 is 11.8 Å². The largest absolute Gasteiger partial charge is 0.478 e. The molecular weight excluding hydrogens is 263 g/mol. The standard InChI is InChI=1S/C14H19FN2O3/c1-9(2)8-13(18)16-17-14(19)10(3)20-12-7-5-4-6-11(12)15/h4-7,9-10H,8H2,1-3H3,(H,16,18)(H,17,19). The number of hydrogen-bond donors (Lipinski definition) is 2. The van der Waals surface area contributed by atoms with E-state index in [0.717, 1.165) is 0 Å². The molecule has 0 heterocycles. The van der Waals surface area contributed by atoms with Gasteiger partial charge in [-0.15, -0.1) is 0 Å². The summed E-state index contributed by atoms with van der Waals surface area (Å²) in [5.74, 6) is -1.20. The summed E-state index contributed by atoms with van der Waals surface area (Å²) in [6, 6.07) is 5.80. The van der Waals surface area contributed by atoms with Crippen molar-refractivity contribution in [2.45, 2.75) is 33.3 Å². The first-order valence-corrected chi connectivity index (χ1v) is 6.40. The lowest BCUT2D eigenvalue weighted by molar-refractivity contribution is -0.133. The number of rotatable bonds is 5. The molecule has 1 rings (SSSR count). The smallest absolute Gasteiger partial charge is 0.279 e. The molecule has 0 bridgehead atoms. The predicted molar refractivity (Wildman–Crippen MR) is 72.2 cm³/mol. The maximum absolute atomic E-state index is 13.3. The number of nitrogens with one attached hydrogen (secondary N) is 2. The number of benzene rings is 1. The van der Waals surface area contributed by atoms with Crippen LogP contribution in [0.3, 0.4) is 0 Å². The van der Waals surface area contributed by atoms with Crippen LogP contribution in [0.5, 0.6) is 5.75 Å². The van der Waals surface area contributed by atoms with Gasteiger partial charge in [-0.25, -0.2) is 4.39 Å². The molecule has 0 aliphatic heterocycles. The summed E-state index contributed by atoms with van der Waals surface area (Å²) in [6.45, 7) is 5.26. The lowest BCUT2D eigenvalue weighted by Gasteiger charge is -2.15. The fraction of sp³-hybridized carbons (Fsp3) is 0.429. The quantitative estimate of drug-likeness (QED) is 0.809. The Morgan fingerprint density at radius 1 is 1.20 bits per heavy atom. The van der Waals surface area contributed by atoms with Gasteiger partial charge < -0.3 is 4.74 Å². The van der Waals surface area contributed by atoms with E-state index in [1.807, 2.05) is 13.8 Å². The normalized spacial score (nSPS) is 11.8. The zero-order valence-corrected chi connectivity index (χ0v) is 11.8. The molecule has 0 fully saturated rings. The van der Waals surface area contributed by atoms with Gasteiger partial charge in [0.1, 0.15) is 0 Å². The second-order valence-corrected chi connectivity index (χ2v) is 4.83. The Morgan fingerprint density at radius 2 is 1.85 bits per heavy atom. The van der Waals surface area contributed by atoms with Crippen LogP contribution in [0, 0.1) is 11.7 Å². The van der Waals surface area contributed by atoms with Gasteiger partial charge in [0.25, 0.3) is 5.91 Å². The zero-order chi connectivity index (χ0) is 15.1. The SMILES string of the molecule is CC(C)CC(=O)NNC(=O)C(C)Oc1ccccc1F. The molecule has 1 aromatic carbocycles. The summed E-state index contributed by atoms with van der Waals surface area (Å²) in [5.41, 5.74) is 4.52. The van der Waals surface area contributed by atoms with E-state index in [2.05, 4.69) is 10.9 Å². The Balaban J connectivity index is 2.44. The van der Waals surface area contributed by atoms with Crippen LogP contribution >= 0.6 is 0 Å². The molecule has 5 nitrogen and oxygen atoms in total. The summed E-state index contributed by atoms with van der Waals surface area (Å²) in [4.78, 5) is 23.0. The van der Waals surface area contributed by atoms with E-state index in [9.17, 15) is 14.0 Å². The highest BCUT2D eigenvalue weighted by Crippen LogP contribution is 2.16. The van der Waals surface area contributed by atoms with Crippen LogP contribution in [0.1, 0.15) is 27.2 Å². The molecule has 1 aromatic rings. The van der Waals surface area contributed by atoms with Gasteiger partial charge in [0, 0.05) is 6.42 Å². The average molecular weight is 282 g/mol. The Labute approximate surface area is 117 Å². The van der Waals surface area contributed by atoms with Crippen LogP contribution < -0.4 is 15.6 Å². The first kappa shape index (κ1) is 15.9. The van der Waals surface area contributed by atoms with E-state index in [0.29, 0.717) is 6.42 Å². The van der Waals surface area contributed by atoms with Crippen molar-refractivity contribution in [1.82, 2.24) is 10.9 Å². The topological polar surface area (TPSA) is 67.4 Å². The van der Waals surface area contributed by atoms with Crippen LogP contribution in [0.15, 0.2) is 24.3 Å². The summed E-state index contributed by atoms with van der Waals surface area (Å²) in [7, 11) is 0. The number of para-hydroxylation sites is 1. The minimum absolute atomic E-state index is 0.0105. The average Bonchev–Trinajstić information content (AvgIpc) is 2.37. The number of ether oxygens (including phenoxy) is 1. The Bertz CT molecular complexity index is 477. The molecule has 0 aliphatic carbocycles. The van der Waals surface area contributed by atoms with Crippen LogP contribution in [0.4, 0.5) is 4.39 Å². The maximum Gasteiger partial charge on any atom is 0.279 e. The molecule has 0 aliphatic rings. The third kappa shape index (κ3) is 5.26. The Kier molecular flexibility index (Phi) is 5.96. The third-order valence-electron chi connectivity index (χ3n) is 2.43. The Hall–Kier alpha value is -2.11. The van der Waals surface area contributed by atoms with Gasteiger partial charge in [0.05, 0.1) is 0 Å². The molecule has 2 amide bonds. The predicted octanol–water partition coefficient (Wildman–Crippen LogP) is 1.79. The number of halogens is 1. The van der Waals surface area contributed by atoms with Crippen molar-refractivity contribution in [2.75, 3.05) is 0 Å². The van der Waals surface area contributed by atoms with Crippen molar-refractivity contribution in [3.8, 4) is 5.75 Å². The number of hydrazine groups is 1. The van der Waals surface area contributed by atoms with E-state index >= 15 is 0 Å². The highest BCUT2D eigenvalue weighted by Gasteiger charge is 2.17.